The summed E-state index contributed by atoms with van der Waals surface area (Å²) in [5.41, 5.74) is 2.38. The molecule has 2 heterocycles. The number of ether oxygens (including phenoxy) is 1. The van der Waals surface area contributed by atoms with E-state index < -0.39 is 0 Å². The van der Waals surface area contributed by atoms with E-state index in [2.05, 4.69) is 21.3 Å². The summed E-state index contributed by atoms with van der Waals surface area (Å²) in [6.07, 6.45) is 3.07. The smallest absolute Gasteiger partial charge is 0.227 e. The Kier molecular flexibility index (Phi) is 6.13. The number of carbonyl (C=O) groups excluding carboxylic acids is 1. The average Bonchev–Trinajstić information content (AvgIpc) is 2.82. The molecular weight excluding hydrogens is 388 g/mol. The zero-order valence-corrected chi connectivity index (χ0v) is 17.4. The molecule has 1 N–H and O–H groups in total. The number of hydrogen-bond donors (Lipinski definition) is 1. The lowest BCUT2D eigenvalue weighted by atomic mass is 9.95. The minimum atomic E-state index is -0.0675. The largest absolute Gasteiger partial charge is 0.455 e. The van der Waals surface area contributed by atoms with Crippen LogP contribution >= 0.6 is 0 Å². The molecule has 3 aromatic rings. The van der Waals surface area contributed by atoms with E-state index in [9.17, 15) is 4.79 Å². The zero-order valence-electron chi connectivity index (χ0n) is 17.4. The van der Waals surface area contributed by atoms with Crippen LogP contribution in [0.25, 0.3) is 0 Å². The first-order chi connectivity index (χ1) is 15.1. The van der Waals surface area contributed by atoms with Gasteiger partial charge in [0.2, 0.25) is 5.91 Å². The highest BCUT2D eigenvalue weighted by Gasteiger charge is 2.26. The molecule has 0 bridgehead atoms. The minimum Gasteiger partial charge on any atom is -0.455 e. The van der Waals surface area contributed by atoms with E-state index in [1.54, 1.807) is 12.3 Å². The lowest BCUT2D eigenvalue weighted by molar-refractivity contribution is -0.120. The number of carbonyl (C=O) groups is 1. The highest BCUT2D eigenvalue weighted by molar-refractivity contribution is 5.94. The number of nitrogens with zero attached hydrogens (tertiary/aromatic N) is 3. The van der Waals surface area contributed by atoms with Gasteiger partial charge in [0.25, 0.3) is 0 Å². The maximum Gasteiger partial charge on any atom is 0.227 e. The normalized spacial score (nSPS) is 14.0. The van der Waals surface area contributed by atoms with Gasteiger partial charge < -0.3 is 15.0 Å². The van der Waals surface area contributed by atoms with E-state index in [1.807, 2.05) is 61.5 Å². The Hall–Kier alpha value is -3.85. The second-order valence-corrected chi connectivity index (χ2v) is 7.68. The second-order valence-electron chi connectivity index (χ2n) is 7.68. The predicted molar refractivity (Wildman–Crippen MR) is 120 cm³/mol. The Bertz CT molecular complexity index is 1080. The standard InChI is InChI=1S/C25H24N4O2/c1-18-6-9-21(10-7-18)31-23-5-3-2-4-22(23)28-25(30)20-12-14-29(15-13-20)24-11-8-19(16-26)17-27-24/h2-11,17,20H,12-15H2,1H3,(H,28,30). The summed E-state index contributed by atoms with van der Waals surface area (Å²) in [5, 5.41) is 12.0. The topological polar surface area (TPSA) is 78.2 Å². The number of aryl methyl sites for hydroxylation is 1. The van der Waals surface area contributed by atoms with Gasteiger partial charge in [0.15, 0.2) is 5.75 Å². The summed E-state index contributed by atoms with van der Waals surface area (Å²) in [4.78, 5) is 19.4. The third-order valence-corrected chi connectivity index (χ3v) is 5.46. The fourth-order valence-corrected chi connectivity index (χ4v) is 3.64. The molecule has 1 aliphatic rings. The Balaban J connectivity index is 1.37. The molecule has 156 valence electrons. The van der Waals surface area contributed by atoms with E-state index in [-0.39, 0.29) is 11.8 Å². The molecule has 0 aliphatic carbocycles. The maximum absolute atomic E-state index is 12.9. The second kappa shape index (κ2) is 9.31. The summed E-state index contributed by atoms with van der Waals surface area (Å²) in [7, 11) is 0. The summed E-state index contributed by atoms with van der Waals surface area (Å²) >= 11 is 0. The van der Waals surface area contributed by atoms with Crippen molar-refractivity contribution in [2.24, 2.45) is 5.92 Å². The van der Waals surface area contributed by atoms with Gasteiger partial charge in [0.05, 0.1) is 11.3 Å². The van der Waals surface area contributed by atoms with Crippen LogP contribution in [0.15, 0.2) is 66.9 Å². The van der Waals surface area contributed by atoms with Gasteiger partial charge >= 0.3 is 0 Å². The average molecular weight is 412 g/mol. The summed E-state index contributed by atoms with van der Waals surface area (Å²) in [5.74, 6) is 2.14. The molecule has 0 unspecified atom stereocenters. The van der Waals surface area contributed by atoms with E-state index in [0.29, 0.717) is 17.0 Å². The van der Waals surface area contributed by atoms with Crippen LogP contribution in [-0.2, 0) is 4.79 Å². The van der Waals surface area contributed by atoms with Gasteiger partial charge in [-0.05, 0) is 56.2 Å². The van der Waals surface area contributed by atoms with Crippen molar-refractivity contribution < 1.29 is 9.53 Å². The molecular formula is C25H24N4O2. The van der Waals surface area contributed by atoms with Crippen LogP contribution in [0, 0.1) is 24.2 Å². The number of nitriles is 1. The van der Waals surface area contributed by atoms with Crippen LogP contribution < -0.4 is 15.0 Å². The molecule has 0 saturated carbocycles. The molecule has 1 fully saturated rings. The first kappa shape index (κ1) is 20.4. The molecule has 6 nitrogen and oxygen atoms in total. The fourth-order valence-electron chi connectivity index (χ4n) is 3.64. The summed E-state index contributed by atoms with van der Waals surface area (Å²) < 4.78 is 5.99. The number of nitrogens with one attached hydrogen (secondary N) is 1. The van der Waals surface area contributed by atoms with E-state index in [0.717, 1.165) is 43.1 Å². The van der Waals surface area contributed by atoms with Crippen LogP contribution in [0.3, 0.4) is 0 Å². The van der Waals surface area contributed by atoms with Crippen molar-refractivity contribution >= 4 is 17.4 Å². The van der Waals surface area contributed by atoms with Crippen LogP contribution in [-0.4, -0.2) is 24.0 Å². The van der Waals surface area contributed by atoms with Gasteiger partial charge in [-0.15, -0.1) is 0 Å². The number of rotatable bonds is 5. The monoisotopic (exact) mass is 412 g/mol. The molecule has 31 heavy (non-hydrogen) atoms. The molecule has 0 radical (unpaired) electrons. The van der Waals surface area contributed by atoms with Crippen LogP contribution in [0.1, 0.15) is 24.0 Å². The Morgan fingerprint density at radius 2 is 1.84 bits per heavy atom. The number of piperidine rings is 1. The molecule has 0 spiro atoms. The predicted octanol–water partition coefficient (Wildman–Crippen LogP) is 4.91. The van der Waals surface area contributed by atoms with Crippen molar-refractivity contribution in [2.45, 2.75) is 19.8 Å². The fraction of sp³-hybridized carbons (Fsp3) is 0.240. The third-order valence-electron chi connectivity index (χ3n) is 5.46. The Labute approximate surface area is 182 Å². The molecule has 1 saturated heterocycles. The first-order valence-electron chi connectivity index (χ1n) is 10.4. The number of hydrogen-bond acceptors (Lipinski definition) is 5. The van der Waals surface area contributed by atoms with Crippen LogP contribution in [0.2, 0.25) is 0 Å². The van der Waals surface area contributed by atoms with Crippen molar-refractivity contribution in [3.05, 3.63) is 78.0 Å². The van der Waals surface area contributed by atoms with Crippen molar-refractivity contribution in [3.63, 3.8) is 0 Å². The van der Waals surface area contributed by atoms with Gasteiger partial charge in [-0.1, -0.05) is 29.8 Å². The number of anilines is 2. The Morgan fingerprint density at radius 1 is 1.10 bits per heavy atom. The summed E-state index contributed by atoms with van der Waals surface area (Å²) in [6.45, 7) is 3.53. The zero-order chi connectivity index (χ0) is 21.6. The molecule has 1 aliphatic heterocycles. The van der Waals surface area contributed by atoms with E-state index in [4.69, 9.17) is 10.00 Å². The number of aromatic nitrogens is 1. The highest BCUT2D eigenvalue weighted by atomic mass is 16.5. The first-order valence-corrected chi connectivity index (χ1v) is 10.4. The molecule has 6 heteroatoms. The quantitative estimate of drug-likeness (QED) is 0.644. The van der Waals surface area contributed by atoms with Crippen LogP contribution in [0.5, 0.6) is 11.5 Å². The van der Waals surface area contributed by atoms with Crippen molar-refractivity contribution in [1.29, 1.82) is 5.26 Å². The van der Waals surface area contributed by atoms with E-state index in [1.165, 1.54) is 0 Å². The molecule has 1 aromatic heterocycles. The third kappa shape index (κ3) is 5.01. The highest BCUT2D eigenvalue weighted by Crippen LogP contribution is 2.31. The molecule has 1 amide bonds. The van der Waals surface area contributed by atoms with Gasteiger partial charge in [-0.3, -0.25) is 4.79 Å². The van der Waals surface area contributed by atoms with Crippen LogP contribution in [0.4, 0.5) is 11.5 Å². The number of pyridine rings is 1. The van der Waals surface area contributed by atoms with Crippen molar-refractivity contribution in [1.82, 2.24) is 4.98 Å². The molecule has 4 rings (SSSR count). The van der Waals surface area contributed by atoms with Crippen molar-refractivity contribution in [3.8, 4) is 17.6 Å². The van der Waals surface area contributed by atoms with E-state index >= 15 is 0 Å². The number of para-hydroxylation sites is 2. The minimum absolute atomic E-state index is 0.00685. The summed E-state index contributed by atoms with van der Waals surface area (Å²) in [6, 6.07) is 21.0. The molecule has 2 aromatic carbocycles. The van der Waals surface area contributed by atoms with Gasteiger partial charge in [0, 0.05) is 25.2 Å². The van der Waals surface area contributed by atoms with Gasteiger partial charge in [-0.25, -0.2) is 4.98 Å². The maximum atomic E-state index is 12.9. The Morgan fingerprint density at radius 3 is 2.52 bits per heavy atom. The molecule has 0 atom stereocenters. The lowest BCUT2D eigenvalue weighted by Crippen LogP contribution is -2.38. The van der Waals surface area contributed by atoms with Gasteiger partial charge in [-0.2, -0.15) is 5.26 Å². The SMILES string of the molecule is Cc1ccc(Oc2ccccc2NC(=O)C2CCN(c3ccc(C#N)cn3)CC2)cc1. The number of amides is 1. The van der Waals surface area contributed by atoms with Gasteiger partial charge in [0.1, 0.15) is 17.6 Å². The lowest BCUT2D eigenvalue weighted by Gasteiger charge is -2.32. The van der Waals surface area contributed by atoms with Crippen molar-refractivity contribution in [2.75, 3.05) is 23.3 Å². The number of benzene rings is 2.